The summed E-state index contributed by atoms with van der Waals surface area (Å²) < 4.78 is 65.7. The molecule has 0 aliphatic carbocycles. The van der Waals surface area contributed by atoms with Crippen molar-refractivity contribution in [2.75, 3.05) is 20.5 Å². The third-order valence-corrected chi connectivity index (χ3v) is 6.63. The molecule has 1 N–H and O–H groups in total. The van der Waals surface area contributed by atoms with Gasteiger partial charge in [0.05, 0.1) is 30.6 Å². The van der Waals surface area contributed by atoms with Crippen LogP contribution in [-0.2, 0) is 26.4 Å². The van der Waals surface area contributed by atoms with Gasteiger partial charge in [0.1, 0.15) is 0 Å². The minimum Gasteiger partial charge on any atom is -0.493 e. The predicted molar refractivity (Wildman–Crippen MR) is 106 cm³/mol. The van der Waals surface area contributed by atoms with E-state index in [1.165, 1.54) is 38.5 Å². The Morgan fingerprint density at radius 2 is 1.57 bits per heavy atom. The standard InChI is InChI=1S/C18H19N3O7S2/c1-26-15-9-4-12(10-16(15)27-2)18-20-17(28-21-18)11-19-30(24,25)14-7-5-13(6-8-14)29(3,22)23/h4-10,19H,11H2,1-3H3. The van der Waals surface area contributed by atoms with Gasteiger partial charge < -0.3 is 14.0 Å². The first-order chi connectivity index (χ1) is 14.1. The Kier molecular flexibility index (Phi) is 6.10. The van der Waals surface area contributed by atoms with Crippen molar-refractivity contribution in [3.63, 3.8) is 0 Å². The lowest BCUT2D eigenvalue weighted by Crippen LogP contribution is -2.23. The van der Waals surface area contributed by atoms with Crippen LogP contribution in [0.3, 0.4) is 0 Å². The molecule has 12 heteroatoms. The van der Waals surface area contributed by atoms with E-state index in [4.69, 9.17) is 14.0 Å². The van der Waals surface area contributed by atoms with E-state index in [0.29, 0.717) is 17.1 Å². The van der Waals surface area contributed by atoms with Gasteiger partial charge in [-0.15, -0.1) is 0 Å². The number of nitrogens with zero attached hydrogens (tertiary/aromatic N) is 2. The summed E-state index contributed by atoms with van der Waals surface area (Å²) in [5.74, 6) is 1.33. The van der Waals surface area contributed by atoms with E-state index in [0.717, 1.165) is 6.26 Å². The van der Waals surface area contributed by atoms with E-state index in [1.54, 1.807) is 18.2 Å². The molecule has 0 aliphatic heterocycles. The van der Waals surface area contributed by atoms with Crippen LogP contribution >= 0.6 is 0 Å². The molecule has 3 rings (SSSR count). The maximum Gasteiger partial charge on any atom is 0.242 e. The summed E-state index contributed by atoms with van der Waals surface area (Å²) in [5, 5.41) is 3.85. The molecule has 0 bridgehead atoms. The molecule has 0 spiro atoms. The van der Waals surface area contributed by atoms with Gasteiger partial charge in [-0.2, -0.15) is 4.98 Å². The summed E-state index contributed by atoms with van der Waals surface area (Å²) in [4.78, 5) is 4.11. The molecule has 0 fully saturated rings. The number of sulfone groups is 1. The molecule has 0 aliphatic rings. The smallest absolute Gasteiger partial charge is 0.242 e. The Balaban J connectivity index is 1.73. The summed E-state index contributed by atoms with van der Waals surface area (Å²) in [6, 6.07) is 9.94. The maximum atomic E-state index is 12.4. The monoisotopic (exact) mass is 453 g/mol. The summed E-state index contributed by atoms with van der Waals surface area (Å²) in [6.07, 6.45) is 1.04. The van der Waals surface area contributed by atoms with Crippen LogP contribution < -0.4 is 14.2 Å². The van der Waals surface area contributed by atoms with Gasteiger partial charge in [0.25, 0.3) is 0 Å². The first-order valence-corrected chi connectivity index (χ1v) is 11.9. The van der Waals surface area contributed by atoms with Gasteiger partial charge in [-0.1, -0.05) is 5.16 Å². The number of aromatic nitrogens is 2. The molecule has 0 atom stereocenters. The Labute approximate surface area is 173 Å². The van der Waals surface area contributed by atoms with E-state index in [-0.39, 0.29) is 28.1 Å². The zero-order chi connectivity index (χ0) is 21.9. The van der Waals surface area contributed by atoms with Crippen molar-refractivity contribution in [2.45, 2.75) is 16.3 Å². The van der Waals surface area contributed by atoms with Crippen molar-refractivity contribution in [1.82, 2.24) is 14.9 Å². The molecule has 1 aromatic heterocycles. The average Bonchev–Trinajstić information content (AvgIpc) is 3.20. The van der Waals surface area contributed by atoms with Gasteiger partial charge in [0.2, 0.25) is 21.7 Å². The van der Waals surface area contributed by atoms with Crippen LogP contribution in [0.4, 0.5) is 0 Å². The number of hydrogen-bond donors (Lipinski definition) is 1. The Bertz CT molecular complexity index is 1250. The second kappa shape index (κ2) is 8.42. The lowest BCUT2D eigenvalue weighted by molar-refractivity contribution is 0.355. The number of benzene rings is 2. The quantitative estimate of drug-likeness (QED) is 0.539. The van der Waals surface area contributed by atoms with Gasteiger partial charge in [0.15, 0.2) is 21.3 Å². The summed E-state index contributed by atoms with van der Waals surface area (Å²) >= 11 is 0. The van der Waals surface area contributed by atoms with Crippen molar-refractivity contribution >= 4 is 19.9 Å². The molecule has 3 aromatic rings. The fraction of sp³-hybridized carbons (Fsp3) is 0.222. The topological polar surface area (TPSA) is 138 Å². The van der Waals surface area contributed by atoms with E-state index in [2.05, 4.69) is 14.9 Å². The SMILES string of the molecule is COc1ccc(-c2noc(CNS(=O)(=O)c3ccc(S(C)(=O)=O)cc3)n2)cc1OC. The van der Waals surface area contributed by atoms with Crippen molar-refractivity contribution < 1.29 is 30.8 Å². The van der Waals surface area contributed by atoms with Crippen LogP contribution in [-0.4, -0.2) is 47.5 Å². The molecule has 0 amide bonds. The molecule has 2 aromatic carbocycles. The normalized spacial score (nSPS) is 12.0. The molecule has 160 valence electrons. The van der Waals surface area contributed by atoms with Crippen molar-refractivity contribution in [3.05, 3.63) is 48.4 Å². The fourth-order valence-corrected chi connectivity index (χ4v) is 4.13. The van der Waals surface area contributed by atoms with Gasteiger partial charge in [-0.25, -0.2) is 21.6 Å². The molecule has 0 saturated carbocycles. The molecular formula is C18H19N3O7S2. The molecule has 0 radical (unpaired) electrons. The van der Waals surface area contributed by atoms with Crippen molar-refractivity contribution in [3.8, 4) is 22.9 Å². The van der Waals surface area contributed by atoms with E-state index < -0.39 is 19.9 Å². The molecule has 0 unspecified atom stereocenters. The molecule has 1 heterocycles. The first kappa shape index (κ1) is 21.7. The van der Waals surface area contributed by atoms with Crippen LogP contribution in [0.1, 0.15) is 5.89 Å². The van der Waals surface area contributed by atoms with Gasteiger partial charge in [-0.05, 0) is 42.5 Å². The van der Waals surface area contributed by atoms with Gasteiger partial charge in [0, 0.05) is 11.8 Å². The number of rotatable bonds is 8. The van der Waals surface area contributed by atoms with Crippen LogP contribution in [0.2, 0.25) is 0 Å². The Hall–Kier alpha value is -2.96. The highest BCUT2D eigenvalue weighted by atomic mass is 32.2. The highest BCUT2D eigenvalue weighted by Gasteiger charge is 2.18. The second-order valence-corrected chi connectivity index (χ2v) is 9.93. The van der Waals surface area contributed by atoms with Gasteiger partial charge >= 0.3 is 0 Å². The Morgan fingerprint density at radius 3 is 2.17 bits per heavy atom. The lowest BCUT2D eigenvalue weighted by atomic mass is 10.2. The largest absolute Gasteiger partial charge is 0.493 e. The van der Waals surface area contributed by atoms with Crippen molar-refractivity contribution in [1.29, 1.82) is 0 Å². The third kappa shape index (κ3) is 4.78. The molecule has 30 heavy (non-hydrogen) atoms. The van der Waals surface area contributed by atoms with Gasteiger partial charge in [-0.3, -0.25) is 0 Å². The van der Waals surface area contributed by atoms with E-state index in [1.807, 2.05) is 0 Å². The number of sulfonamides is 1. The summed E-state index contributed by atoms with van der Waals surface area (Å²) in [7, 11) is -4.30. The minimum absolute atomic E-state index is 0.0258. The summed E-state index contributed by atoms with van der Waals surface area (Å²) in [5.41, 5.74) is 0.599. The third-order valence-electron chi connectivity index (χ3n) is 4.09. The highest BCUT2D eigenvalue weighted by molar-refractivity contribution is 7.90. The van der Waals surface area contributed by atoms with Crippen molar-refractivity contribution in [2.24, 2.45) is 0 Å². The predicted octanol–water partition coefficient (Wildman–Crippen LogP) is 1.64. The maximum absolute atomic E-state index is 12.4. The number of hydrogen-bond acceptors (Lipinski definition) is 9. The van der Waals surface area contributed by atoms with Crippen LogP contribution in [0.25, 0.3) is 11.4 Å². The molecule has 0 saturated heterocycles. The van der Waals surface area contributed by atoms with E-state index in [9.17, 15) is 16.8 Å². The Morgan fingerprint density at radius 1 is 0.933 bits per heavy atom. The number of nitrogens with one attached hydrogen (secondary N) is 1. The average molecular weight is 453 g/mol. The number of ether oxygens (including phenoxy) is 2. The summed E-state index contributed by atoms with van der Waals surface area (Å²) in [6.45, 7) is -0.240. The highest BCUT2D eigenvalue weighted by Crippen LogP contribution is 2.31. The fourth-order valence-electron chi connectivity index (χ4n) is 2.53. The first-order valence-electron chi connectivity index (χ1n) is 8.49. The zero-order valence-corrected chi connectivity index (χ0v) is 18.0. The molecular weight excluding hydrogens is 434 g/mol. The van der Waals surface area contributed by atoms with E-state index >= 15 is 0 Å². The number of methoxy groups -OCH3 is 2. The van der Waals surface area contributed by atoms with Crippen LogP contribution in [0, 0.1) is 0 Å². The second-order valence-electron chi connectivity index (χ2n) is 6.15. The zero-order valence-electron chi connectivity index (χ0n) is 16.3. The molecule has 10 nitrogen and oxygen atoms in total. The van der Waals surface area contributed by atoms with Crippen LogP contribution in [0.15, 0.2) is 56.8 Å². The minimum atomic E-state index is -3.90. The van der Waals surface area contributed by atoms with Crippen LogP contribution in [0.5, 0.6) is 11.5 Å². The lowest BCUT2D eigenvalue weighted by Gasteiger charge is -2.07.